The van der Waals surface area contributed by atoms with Crippen molar-refractivity contribution in [3.63, 3.8) is 0 Å². The average Bonchev–Trinajstić information content (AvgIpc) is 2.69. The maximum Gasteiger partial charge on any atom is 0.294 e. The number of rotatable bonds is 7. The SMILES string of the molecule is CCCn1c(=O)c(NCc2ncc(S(=O)(=O)CC)cn2)nc2c(C)nc(Cl)nc21. The second kappa shape index (κ2) is 8.37. The minimum Gasteiger partial charge on any atom is -0.358 e. The molecule has 0 saturated heterocycles. The van der Waals surface area contributed by atoms with Gasteiger partial charge in [-0.05, 0) is 24.9 Å². The van der Waals surface area contributed by atoms with Gasteiger partial charge < -0.3 is 5.32 Å². The van der Waals surface area contributed by atoms with E-state index in [1.165, 1.54) is 17.0 Å². The van der Waals surface area contributed by atoms with Crippen molar-refractivity contribution < 1.29 is 8.42 Å². The van der Waals surface area contributed by atoms with Gasteiger partial charge in [0, 0.05) is 18.9 Å². The lowest BCUT2D eigenvalue weighted by Gasteiger charge is -2.12. The van der Waals surface area contributed by atoms with Gasteiger partial charge in [-0.1, -0.05) is 13.8 Å². The van der Waals surface area contributed by atoms with Crippen molar-refractivity contribution >= 4 is 38.4 Å². The van der Waals surface area contributed by atoms with Crippen molar-refractivity contribution in [3.8, 4) is 0 Å². The van der Waals surface area contributed by atoms with Gasteiger partial charge >= 0.3 is 0 Å². The lowest BCUT2D eigenvalue weighted by Crippen LogP contribution is -2.27. The van der Waals surface area contributed by atoms with Gasteiger partial charge in [0.2, 0.25) is 5.28 Å². The minimum absolute atomic E-state index is 0.0304. The first-order valence-corrected chi connectivity index (χ1v) is 11.0. The van der Waals surface area contributed by atoms with Gasteiger partial charge in [0.25, 0.3) is 5.56 Å². The molecule has 29 heavy (non-hydrogen) atoms. The van der Waals surface area contributed by atoms with E-state index in [9.17, 15) is 13.2 Å². The Morgan fingerprint density at radius 3 is 2.45 bits per heavy atom. The molecule has 0 aliphatic heterocycles. The smallest absolute Gasteiger partial charge is 0.294 e. The molecule has 3 aromatic rings. The second-order valence-corrected chi connectivity index (χ2v) is 8.88. The molecule has 0 aliphatic rings. The normalized spacial score (nSPS) is 11.7. The van der Waals surface area contributed by atoms with E-state index in [0.717, 1.165) is 6.42 Å². The highest BCUT2D eigenvalue weighted by molar-refractivity contribution is 7.91. The van der Waals surface area contributed by atoms with Crippen molar-refractivity contribution in [3.05, 3.63) is 39.5 Å². The lowest BCUT2D eigenvalue weighted by atomic mass is 10.3. The fourth-order valence-corrected chi connectivity index (χ4v) is 3.66. The zero-order valence-corrected chi connectivity index (χ0v) is 17.7. The summed E-state index contributed by atoms with van der Waals surface area (Å²) < 4.78 is 25.2. The van der Waals surface area contributed by atoms with Crippen LogP contribution < -0.4 is 10.9 Å². The van der Waals surface area contributed by atoms with E-state index in [1.54, 1.807) is 13.8 Å². The standard InChI is InChI=1S/C17H20ClN7O3S/c1-4-6-25-15-13(10(3)22-17(18)24-15)23-14(16(25)26)21-9-12-19-7-11(8-20-12)29(27,28)5-2/h7-8H,4-6,9H2,1-3H3,(H,21,23). The Labute approximate surface area is 172 Å². The number of nitrogens with one attached hydrogen (secondary N) is 1. The average molecular weight is 438 g/mol. The summed E-state index contributed by atoms with van der Waals surface area (Å²) in [7, 11) is -3.37. The fraction of sp³-hybridized carbons (Fsp3) is 0.412. The van der Waals surface area contributed by atoms with E-state index in [2.05, 4.69) is 30.2 Å². The van der Waals surface area contributed by atoms with Crippen LogP contribution in [-0.4, -0.2) is 43.7 Å². The van der Waals surface area contributed by atoms with Gasteiger partial charge in [0.05, 0.1) is 18.0 Å². The molecule has 0 radical (unpaired) electrons. The molecule has 0 spiro atoms. The highest BCUT2D eigenvalue weighted by Gasteiger charge is 2.16. The number of aromatic nitrogens is 6. The molecular weight excluding hydrogens is 418 g/mol. The first kappa shape index (κ1) is 21.1. The van der Waals surface area contributed by atoms with Crippen LogP contribution in [0.4, 0.5) is 5.82 Å². The zero-order valence-electron chi connectivity index (χ0n) is 16.2. The summed E-state index contributed by atoms with van der Waals surface area (Å²) >= 11 is 5.94. The van der Waals surface area contributed by atoms with E-state index in [-0.39, 0.29) is 33.9 Å². The molecule has 0 amide bonds. The molecule has 0 saturated carbocycles. The Balaban J connectivity index is 1.94. The van der Waals surface area contributed by atoms with Gasteiger partial charge in [-0.3, -0.25) is 9.36 Å². The summed E-state index contributed by atoms with van der Waals surface area (Å²) in [6, 6.07) is 0. The Morgan fingerprint density at radius 2 is 1.83 bits per heavy atom. The first-order valence-electron chi connectivity index (χ1n) is 8.99. The Bertz CT molecular complexity index is 1210. The largest absolute Gasteiger partial charge is 0.358 e. The molecule has 0 fully saturated rings. The molecule has 3 heterocycles. The fourth-order valence-electron chi connectivity index (χ4n) is 2.69. The number of nitrogens with zero attached hydrogens (tertiary/aromatic N) is 6. The first-order chi connectivity index (χ1) is 13.8. The molecule has 12 heteroatoms. The van der Waals surface area contributed by atoms with Gasteiger partial charge in [-0.15, -0.1) is 0 Å². The van der Waals surface area contributed by atoms with E-state index in [4.69, 9.17) is 11.6 Å². The number of hydrogen-bond donors (Lipinski definition) is 1. The summed E-state index contributed by atoms with van der Waals surface area (Å²) in [5.74, 6) is 0.401. The third-order valence-electron chi connectivity index (χ3n) is 4.22. The quantitative estimate of drug-likeness (QED) is 0.548. The summed E-state index contributed by atoms with van der Waals surface area (Å²) in [4.78, 5) is 33.7. The maximum absolute atomic E-state index is 12.9. The lowest BCUT2D eigenvalue weighted by molar-refractivity contribution is 0.596. The Hall–Kier alpha value is -2.66. The van der Waals surface area contributed by atoms with Crippen molar-refractivity contribution in [2.24, 2.45) is 0 Å². The molecule has 10 nitrogen and oxygen atoms in total. The third kappa shape index (κ3) is 4.35. The van der Waals surface area contributed by atoms with Crippen LogP contribution in [0.15, 0.2) is 22.1 Å². The van der Waals surface area contributed by atoms with Crippen molar-refractivity contribution in [1.29, 1.82) is 0 Å². The highest BCUT2D eigenvalue weighted by Crippen LogP contribution is 2.16. The predicted octanol–water partition coefficient (Wildman–Crippen LogP) is 1.75. The molecule has 3 aromatic heterocycles. The van der Waals surface area contributed by atoms with Crippen LogP contribution in [0, 0.1) is 6.92 Å². The van der Waals surface area contributed by atoms with Gasteiger partial charge in [0.15, 0.2) is 21.3 Å². The summed E-state index contributed by atoms with van der Waals surface area (Å²) in [6.07, 6.45) is 3.23. The van der Waals surface area contributed by atoms with Crippen molar-refractivity contribution in [2.45, 2.75) is 45.2 Å². The molecule has 3 rings (SSSR count). The topological polar surface area (TPSA) is 133 Å². The minimum atomic E-state index is -3.37. The summed E-state index contributed by atoms with van der Waals surface area (Å²) in [6.45, 7) is 5.78. The highest BCUT2D eigenvalue weighted by atomic mass is 35.5. The van der Waals surface area contributed by atoms with E-state index in [1.807, 2.05) is 6.92 Å². The number of fused-ring (bicyclic) bond motifs is 1. The molecule has 0 bridgehead atoms. The molecule has 154 valence electrons. The van der Waals surface area contributed by atoms with Gasteiger partial charge in [-0.25, -0.2) is 28.4 Å². The van der Waals surface area contributed by atoms with E-state index >= 15 is 0 Å². The van der Waals surface area contributed by atoms with E-state index < -0.39 is 9.84 Å². The van der Waals surface area contributed by atoms with Gasteiger partial charge in [0.1, 0.15) is 16.2 Å². The van der Waals surface area contributed by atoms with Crippen molar-refractivity contribution in [2.75, 3.05) is 11.1 Å². The van der Waals surface area contributed by atoms with Crippen LogP contribution in [0.2, 0.25) is 5.28 Å². The van der Waals surface area contributed by atoms with Crippen molar-refractivity contribution in [1.82, 2.24) is 29.5 Å². The number of anilines is 1. The van der Waals surface area contributed by atoms with Crippen LogP contribution in [0.1, 0.15) is 31.8 Å². The van der Waals surface area contributed by atoms with Crippen LogP contribution >= 0.6 is 11.6 Å². The van der Waals surface area contributed by atoms with E-state index in [0.29, 0.717) is 29.2 Å². The Kier molecular flexibility index (Phi) is 6.08. The Morgan fingerprint density at radius 1 is 1.14 bits per heavy atom. The molecule has 0 atom stereocenters. The predicted molar refractivity (Wildman–Crippen MR) is 109 cm³/mol. The van der Waals surface area contributed by atoms with Crippen LogP contribution in [0.25, 0.3) is 11.2 Å². The monoisotopic (exact) mass is 437 g/mol. The van der Waals surface area contributed by atoms with Crippen LogP contribution in [0.3, 0.4) is 0 Å². The number of halogens is 1. The maximum atomic E-state index is 12.9. The molecular formula is C17H20ClN7O3S. The number of hydrogen-bond acceptors (Lipinski definition) is 9. The summed E-state index contributed by atoms with van der Waals surface area (Å²) in [5.41, 5.74) is 1.05. The molecule has 0 aromatic carbocycles. The third-order valence-corrected chi connectivity index (χ3v) is 6.08. The zero-order chi connectivity index (χ0) is 21.2. The van der Waals surface area contributed by atoms with Crippen LogP contribution in [-0.2, 0) is 22.9 Å². The van der Waals surface area contributed by atoms with Crippen LogP contribution in [0.5, 0.6) is 0 Å². The molecule has 1 N–H and O–H groups in total. The second-order valence-electron chi connectivity index (χ2n) is 6.26. The number of sulfone groups is 1. The molecule has 0 aliphatic carbocycles. The molecule has 0 unspecified atom stereocenters. The van der Waals surface area contributed by atoms with Gasteiger partial charge in [-0.2, -0.15) is 4.98 Å². The number of aryl methyl sites for hydroxylation is 2. The summed E-state index contributed by atoms with van der Waals surface area (Å²) in [5, 5.41) is 2.98.